The highest BCUT2D eigenvalue weighted by molar-refractivity contribution is 5.93. The molecule has 98 valence electrons. The van der Waals surface area contributed by atoms with Gasteiger partial charge in [0.05, 0.1) is 0 Å². The largest absolute Gasteiger partial charge is 0.313 e. The van der Waals surface area contributed by atoms with E-state index in [9.17, 15) is 4.79 Å². The Labute approximate surface area is 109 Å². The van der Waals surface area contributed by atoms with E-state index in [1.807, 2.05) is 42.2 Å². The maximum atomic E-state index is 12.2. The highest BCUT2D eigenvalue weighted by Gasteiger charge is 2.17. The van der Waals surface area contributed by atoms with Gasteiger partial charge in [0, 0.05) is 25.2 Å². The summed E-state index contributed by atoms with van der Waals surface area (Å²) in [6, 6.07) is 9.93. The van der Waals surface area contributed by atoms with Crippen molar-refractivity contribution in [2.75, 3.05) is 31.1 Å². The summed E-state index contributed by atoms with van der Waals surface area (Å²) in [5, 5.41) is 0. The Morgan fingerprint density at radius 3 is 2.50 bits per heavy atom. The third kappa shape index (κ3) is 3.33. The molecule has 0 radical (unpaired) electrons. The number of nitrogens with zero attached hydrogens (tertiary/aromatic N) is 2. The molecule has 0 saturated carbocycles. The van der Waals surface area contributed by atoms with Gasteiger partial charge in [0.15, 0.2) is 0 Å². The van der Waals surface area contributed by atoms with Crippen LogP contribution in [-0.2, 0) is 4.79 Å². The maximum Gasteiger partial charge on any atom is 0.228 e. The molecule has 1 aliphatic rings. The predicted molar refractivity (Wildman–Crippen MR) is 74.8 cm³/mol. The van der Waals surface area contributed by atoms with Gasteiger partial charge in [-0.1, -0.05) is 18.2 Å². The number of anilines is 1. The molecule has 1 heterocycles. The first kappa shape index (κ1) is 13.1. The van der Waals surface area contributed by atoms with Gasteiger partial charge in [-0.3, -0.25) is 4.79 Å². The summed E-state index contributed by atoms with van der Waals surface area (Å²) < 4.78 is 0. The van der Waals surface area contributed by atoms with E-state index in [0.29, 0.717) is 6.42 Å². The van der Waals surface area contributed by atoms with Crippen LogP contribution < -0.4 is 4.90 Å². The normalized spacial score (nSPS) is 15.8. The second-order valence-corrected chi connectivity index (χ2v) is 4.77. The summed E-state index contributed by atoms with van der Waals surface area (Å²) in [5.74, 6) is 0.232. The minimum absolute atomic E-state index is 0.232. The lowest BCUT2D eigenvalue weighted by molar-refractivity contribution is -0.118. The third-order valence-electron chi connectivity index (χ3n) is 3.53. The van der Waals surface area contributed by atoms with Crippen LogP contribution in [0.25, 0.3) is 0 Å². The molecule has 1 aliphatic heterocycles. The van der Waals surface area contributed by atoms with Crippen molar-refractivity contribution < 1.29 is 4.79 Å². The maximum absolute atomic E-state index is 12.2. The Bertz CT molecular complexity index is 371. The number of carbonyl (C=O) groups is 1. The predicted octanol–water partition coefficient (Wildman–Crippen LogP) is 2.53. The summed E-state index contributed by atoms with van der Waals surface area (Å²) in [6.07, 6.45) is 3.19. The lowest BCUT2D eigenvalue weighted by Crippen LogP contribution is -2.33. The molecule has 18 heavy (non-hydrogen) atoms. The topological polar surface area (TPSA) is 23.6 Å². The van der Waals surface area contributed by atoms with Gasteiger partial charge in [-0.2, -0.15) is 0 Å². The molecular weight excluding hydrogens is 224 g/mol. The second kappa shape index (κ2) is 6.55. The van der Waals surface area contributed by atoms with Crippen LogP contribution in [0.15, 0.2) is 30.3 Å². The van der Waals surface area contributed by atoms with Crippen LogP contribution in [0.5, 0.6) is 0 Å². The van der Waals surface area contributed by atoms with Gasteiger partial charge >= 0.3 is 0 Å². The SMILES string of the molecule is CCN(C(=O)CCN1CCCC1)c1ccccc1. The molecule has 0 aromatic heterocycles. The zero-order chi connectivity index (χ0) is 12.8. The molecule has 0 atom stereocenters. The quantitative estimate of drug-likeness (QED) is 0.797. The third-order valence-corrected chi connectivity index (χ3v) is 3.53. The zero-order valence-electron chi connectivity index (χ0n) is 11.1. The van der Waals surface area contributed by atoms with Crippen LogP contribution in [0.4, 0.5) is 5.69 Å². The Balaban J connectivity index is 1.89. The Morgan fingerprint density at radius 2 is 1.89 bits per heavy atom. The first-order valence-corrected chi connectivity index (χ1v) is 6.89. The van der Waals surface area contributed by atoms with E-state index in [1.165, 1.54) is 12.8 Å². The summed E-state index contributed by atoms with van der Waals surface area (Å²) in [6.45, 7) is 5.99. The van der Waals surface area contributed by atoms with Crippen LogP contribution in [0, 0.1) is 0 Å². The van der Waals surface area contributed by atoms with Gasteiger partial charge in [0.2, 0.25) is 5.91 Å². The molecule has 0 N–H and O–H groups in total. The van der Waals surface area contributed by atoms with Crippen LogP contribution in [0.1, 0.15) is 26.2 Å². The van der Waals surface area contributed by atoms with Crippen molar-refractivity contribution in [1.82, 2.24) is 4.90 Å². The van der Waals surface area contributed by atoms with Gasteiger partial charge in [0.1, 0.15) is 0 Å². The van der Waals surface area contributed by atoms with Crippen molar-refractivity contribution in [1.29, 1.82) is 0 Å². The van der Waals surface area contributed by atoms with Crippen LogP contribution in [0.2, 0.25) is 0 Å². The highest BCUT2D eigenvalue weighted by Crippen LogP contribution is 2.15. The lowest BCUT2D eigenvalue weighted by atomic mass is 10.2. The molecule has 0 aliphatic carbocycles. The molecule has 0 unspecified atom stereocenters. The van der Waals surface area contributed by atoms with Gasteiger partial charge in [-0.15, -0.1) is 0 Å². The van der Waals surface area contributed by atoms with Crippen molar-refractivity contribution in [2.24, 2.45) is 0 Å². The van der Waals surface area contributed by atoms with Crippen molar-refractivity contribution in [3.63, 3.8) is 0 Å². The zero-order valence-corrected chi connectivity index (χ0v) is 11.1. The molecule has 1 aromatic carbocycles. The molecule has 1 aromatic rings. The number of amides is 1. The first-order valence-electron chi connectivity index (χ1n) is 6.89. The summed E-state index contributed by atoms with van der Waals surface area (Å²) in [5.41, 5.74) is 1.01. The van der Waals surface area contributed by atoms with Crippen LogP contribution in [0.3, 0.4) is 0 Å². The lowest BCUT2D eigenvalue weighted by Gasteiger charge is -2.22. The number of rotatable bonds is 5. The number of para-hydroxylation sites is 1. The van der Waals surface area contributed by atoms with E-state index in [0.717, 1.165) is 31.9 Å². The average molecular weight is 246 g/mol. The van der Waals surface area contributed by atoms with Gasteiger partial charge in [0.25, 0.3) is 0 Å². The molecular formula is C15H22N2O. The van der Waals surface area contributed by atoms with Gasteiger partial charge in [-0.05, 0) is 45.0 Å². The Kier molecular flexibility index (Phi) is 4.76. The smallest absolute Gasteiger partial charge is 0.228 e. The van der Waals surface area contributed by atoms with Crippen molar-refractivity contribution in [2.45, 2.75) is 26.2 Å². The van der Waals surface area contributed by atoms with E-state index in [1.54, 1.807) is 0 Å². The molecule has 3 nitrogen and oxygen atoms in total. The Hall–Kier alpha value is -1.35. The van der Waals surface area contributed by atoms with Crippen LogP contribution in [-0.4, -0.2) is 37.0 Å². The Morgan fingerprint density at radius 1 is 1.22 bits per heavy atom. The molecule has 1 saturated heterocycles. The van der Waals surface area contributed by atoms with Gasteiger partial charge < -0.3 is 9.80 Å². The summed E-state index contributed by atoms with van der Waals surface area (Å²) >= 11 is 0. The first-order chi connectivity index (χ1) is 8.81. The van der Waals surface area contributed by atoms with E-state index in [-0.39, 0.29) is 5.91 Å². The number of carbonyl (C=O) groups excluding carboxylic acids is 1. The van der Waals surface area contributed by atoms with E-state index in [4.69, 9.17) is 0 Å². The van der Waals surface area contributed by atoms with E-state index in [2.05, 4.69) is 4.90 Å². The fraction of sp³-hybridized carbons (Fsp3) is 0.533. The minimum atomic E-state index is 0.232. The van der Waals surface area contributed by atoms with E-state index < -0.39 is 0 Å². The minimum Gasteiger partial charge on any atom is -0.313 e. The summed E-state index contributed by atoms with van der Waals surface area (Å²) in [7, 11) is 0. The van der Waals surface area contributed by atoms with Crippen molar-refractivity contribution >= 4 is 11.6 Å². The molecule has 3 heteroatoms. The van der Waals surface area contributed by atoms with Crippen molar-refractivity contribution in [3.8, 4) is 0 Å². The summed E-state index contributed by atoms with van der Waals surface area (Å²) in [4.78, 5) is 16.5. The number of likely N-dealkylation sites (tertiary alicyclic amines) is 1. The number of benzene rings is 1. The molecule has 2 rings (SSSR count). The standard InChI is InChI=1S/C15H22N2O/c1-2-17(14-8-4-3-5-9-14)15(18)10-13-16-11-6-7-12-16/h3-5,8-9H,2,6-7,10-13H2,1H3. The number of hydrogen-bond acceptors (Lipinski definition) is 2. The molecule has 1 amide bonds. The van der Waals surface area contributed by atoms with Crippen LogP contribution >= 0.6 is 0 Å². The van der Waals surface area contributed by atoms with Gasteiger partial charge in [-0.25, -0.2) is 0 Å². The number of hydrogen-bond donors (Lipinski definition) is 0. The molecule has 0 bridgehead atoms. The average Bonchev–Trinajstić information content (AvgIpc) is 2.92. The fourth-order valence-corrected chi connectivity index (χ4v) is 2.51. The molecule has 1 fully saturated rings. The van der Waals surface area contributed by atoms with E-state index >= 15 is 0 Å². The highest BCUT2D eigenvalue weighted by atomic mass is 16.2. The fourth-order valence-electron chi connectivity index (χ4n) is 2.51. The monoisotopic (exact) mass is 246 g/mol. The van der Waals surface area contributed by atoms with Crippen molar-refractivity contribution in [3.05, 3.63) is 30.3 Å². The molecule has 0 spiro atoms. The second-order valence-electron chi connectivity index (χ2n) is 4.77.